The summed E-state index contributed by atoms with van der Waals surface area (Å²) in [6, 6.07) is 20.3. The van der Waals surface area contributed by atoms with Crippen LogP contribution >= 0.6 is 0 Å². The highest BCUT2D eigenvalue weighted by Gasteiger charge is 2.05. The fourth-order valence-electron chi connectivity index (χ4n) is 2.00. The van der Waals surface area contributed by atoms with Crippen molar-refractivity contribution in [3.8, 4) is 11.5 Å². The second-order valence-corrected chi connectivity index (χ2v) is 4.73. The van der Waals surface area contributed by atoms with Crippen LogP contribution in [-0.2, 0) is 0 Å². The highest BCUT2D eigenvalue weighted by molar-refractivity contribution is 6.02. The van der Waals surface area contributed by atoms with Crippen LogP contribution in [0.4, 0.5) is 5.69 Å². The number of furan rings is 1. The zero-order chi connectivity index (χ0) is 15.9. The summed E-state index contributed by atoms with van der Waals surface area (Å²) in [4.78, 5) is 11.8. The predicted octanol–water partition coefficient (Wildman–Crippen LogP) is 4.88. The molecule has 0 saturated carbocycles. The van der Waals surface area contributed by atoms with Gasteiger partial charge in [0.25, 0.3) is 0 Å². The van der Waals surface area contributed by atoms with Crippen LogP contribution in [0.2, 0.25) is 0 Å². The summed E-state index contributed by atoms with van der Waals surface area (Å²) in [7, 11) is 0. The summed E-state index contributed by atoms with van der Waals surface area (Å²) in [5, 5.41) is 3.06. The molecule has 0 bridgehead atoms. The van der Waals surface area contributed by atoms with Crippen molar-refractivity contribution in [3.05, 3.63) is 91.0 Å². The van der Waals surface area contributed by atoms with E-state index >= 15 is 0 Å². The smallest absolute Gasteiger partial charge is 0.222 e. The van der Waals surface area contributed by atoms with Gasteiger partial charge >= 0.3 is 0 Å². The quantitative estimate of drug-likeness (QED) is 0.521. The number of nitrogens with one attached hydrogen (secondary N) is 1. The molecular weight excluding hydrogens is 290 g/mol. The number of anilines is 1. The normalized spacial score (nSPS) is 10.6. The van der Waals surface area contributed by atoms with Crippen LogP contribution in [-0.4, -0.2) is 5.78 Å². The molecule has 4 heteroatoms. The Bertz CT molecular complexity index is 793. The Kier molecular flexibility index (Phi) is 4.55. The van der Waals surface area contributed by atoms with Crippen LogP contribution in [0.25, 0.3) is 0 Å². The number of carbonyl (C=O) groups is 1. The third kappa shape index (κ3) is 3.89. The van der Waals surface area contributed by atoms with Crippen molar-refractivity contribution in [3.63, 3.8) is 0 Å². The zero-order valence-corrected chi connectivity index (χ0v) is 12.3. The van der Waals surface area contributed by atoms with Gasteiger partial charge in [0, 0.05) is 12.3 Å². The Balaban J connectivity index is 1.70. The number of benzene rings is 2. The first-order chi connectivity index (χ1) is 11.3. The number of rotatable bonds is 6. The molecule has 2 aromatic carbocycles. The van der Waals surface area contributed by atoms with Gasteiger partial charge in [0.2, 0.25) is 5.78 Å². The largest absolute Gasteiger partial charge is 0.461 e. The van der Waals surface area contributed by atoms with E-state index in [4.69, 9.17) is 9.15 Å². The molecule has 1 N–H and O–H groups in total. The van der Waals surface area contributed by atoms with Gasteiger partial charge in [-0.15, -0.1) is 0 Å². The second-order valence-electron chi connectivity index (χ2n) is 4.73. The van der Waals surface area contributed by atoms with Crippen molar-refractivity contribution in [2.75, 3.05) is 5.32 Å². The molecule has 1 heterocycles. The summed E-state index contributed by atoms with van der Waals surface area (Å²) >= 11 is 0. The maximum Gasteiger partial charge on any atom is 0.222 e. The van der Waals surface area contributed by atoms with Crippen molar-refractivity contribution in [1.82, 2.24) is 0 Å². The second kappa shape index (κ2) is 7.13. The van der Waals surface area contributed by atoms with Gasteiger partial charge in [0.15, 0.2) is 11.5 Å². The Morgan fingerprint density at radius 2 is 1.74 bits per heavy atom. The first-order valence-electron chi connectivity index (χ1n) is 7.16. The van der Waals surface area contributed by atoms with Gasteiger partial charge in [-0.2, -0.15) is 0 Å². The maximum absolute atomic E-state index is 11.8. The van der Waals surface area contributed by atoms with Crippen molar-refractivity contribution in [2.45, 2.75) is 0 Å². The first kappa shape index (κ1) is 14.7. The number of allylic oxidation sites excluding steroid dienone is 1. The van der Waals surface area contributed by atoms with Gasteiger partial charge in [-0.05, 0) is 36.4 Å². The van der Waals surface area contributed by atoms with E-state index in [1.165, 1.54) is 12.3 Å². The molecule has 4 nitrogen and oxygen atoms in total. The molecule has 0 atom stereocenters. The van der Waals surface area contributed by atoms with E-state index in [-0.39, 0.29) is 5.78 Å². The van der Waals surface area contributed by atoms with E-state index in [0.29, 0.717) is 11.5 Å². The van der Waals surface area contributed by atoms with E-state index in [1.807, 2.05) is 54.6 Å². The van der Waals surface area contributed by atoms with Crippen LogP contribution in [0, 0.1) is 0 Å². The topological polar surface area (TPSA) is 51.5 Å². The lowest BCUT2D eigenvalue weighted by Crippen LogP contribution is -1.96. The van der Waals surface area contributed by atoms with Gasteiger partial charge in [-0.1, -0.05) is 30.3 Å². The van der Waals surface area contributed by atoms with E-state index in [2.05, 4.69) is 5.32 Å². The molecule has 0 fully saturated rings. The monoisotopic (exact) mass is 305 g/mol. The third-order valence-electron chi connectivity index (χ3n) is 3.10. The Hall–Kier alpha value is -3.27. The molecule has 0 saturated heterocycles. The number of carbonyl (C=O) groups excluding carboxylic acids is 1. The molecule has 3 rings (SSSR count). The SMILES string of the molecule is O=C(/C=C\Nc1ccccc1Oc1ccccc1)c1ccco1. The first-order valence-corrected chi connectivity index (χ1v) is 7.16. The molecule has 0 unspecified atom stereocenters. The number of para-hydroxylation sites is 3. The van der Waals surface area contributed by atoms with Crippen LogP contribution < -0.4 is 10.1 Å². The van der Waals surface area contributed by atoms with Crippen molar-refractivity contribution in [1.29, 1.82) is 0 Å². The van der Waals surface area contributed by atoms with Gasteiger partial charge in [0.1, 0.15) is 5.75 Å². The molecule has 3 aromatic rings. The molecule has 0 aliphatic heterocycles. The summed E-state index contributed by atoms with van der Waals surface area (Å²) in [6.45, 7) is 0. The van der Waals surface area contributed by atoms with Crippen LogP contribution in [0.15, 0.2) is 89.7 Å². The van der Waals surface area contributed by atoms with E-state index < -0.39 is 0 Å². The summed E-state index contributed by atoms with van der Waals surface area (Å²) in [5.41, 5.74) is 0.764. The van der Waals surface area contributed by atoms with Crippen molar-refractivity contribution < 1.29 is 13.9 Å². The molecule has 0 radical (unpaired) electrons. The molecule has 114 valence electrons. The number of ketones is 1. The predicted molar refractivity (Wildman–Crippen MR) is 88.8 cm³/mol. The fourth-order valence-corrected chi connectivity index (χ4v) is 2.00. The molecular formula is C19H15NO3. The van der Waals surface area contributed by atoms with Crippen LogP contribution in [0.3, 0.4) is 0 Å². The van der Waals surface area contributed by atoms with Crippen molar-refractivity contribution in [2.24, 2.45) is 0 Å². The highest BCUT2D eigenvalue weighted by Crippen LogP contribution is 2.29. The molecule has 0 aliphatic rings. The maximum atomic E-state index is 11.8. The number of hydrogen-bond donors (Lipinski definition) is 1. The fraction of sp³-hybridized carbons (Fsp3) is 0. The highest BCUT2D eigenvalue weighted by atomic mass is 16.5. The summed E-state index contributed by atoms with van der Waals surface area (Å²) in [5.74, 6) is 1.52. The van der Waals surface area contributed by atoms with Crippen molar-refractivity contribution >= 4 is 11.5 Å². The van der Waals surface area contributed by atoms with Gasteiger partial charge in [-0.25, -0.2) is 0 Å². The lowest BCUT2D eigenvalue weighted by Gasteiger charge is -2.10. The van der Waals surface area contributed by atoms with Gasteiger partial charge in [0.05, 0.1) is 12.0 Å². The standard InChI is InChI=1S/C19H15NO3/c21-17(19-11-6-14-22-19)12-13-20-16-9-4-5-10-18(16)23-15-7-2-1-3-8-15/h1-14,20H/b13-12-. The molecule has 0 spiro atoms. The Morgan fingerprint density at radius 1 is 0.957 bits per heavy atom. The van der Waals surface area contributed by atoms with Gasteiger partial charge < -0.3 is 14.5 Å². The van der Waals surface area contributed by atoms with Gasteiger partial charge in [-0.3, -0.25) is 4.79 Å². The van der Waals surface area contributed by atoms with E-state index in [9.17, 15) is 4.79 Å². The number of ether oxygens (including phenoxy) is 1. The minimum Gasteiger partial charge on any atom is -0.461 e. The molecule has 23 heavy (non-hydrogen) atoms. The average molecular weight is 305 g/mol. The number of hydrogen-bond acceptors (Lipinski definition) is 4. The lowest BCUT2D eigenvalue weighted by molar-refractivity contribution is 0.102. The average Bonchev–Trinajstić information content (AvgIpc) is 3.12. The lowest BCUT2D eigenvalue weighted by atomic mass is 10.2. The Morgan fingerprint density at radius 3 is 2.52 bits per heavy atom. The van der Waals surface area contributed by atoms with Crippen LogP contribution in [0.1, 0.15) is 10.6 Å². The summed E-state index contributed by atoms with van der Waals surface area (Å²) < 4.78 is 10.9. The Labute approximate surface area is 134 Å². The van der Waals surface area contributed by atoms with Crippen LogP contribution in [0.5, 0.6) is 11.5 Å². The minimum atomic E-state index is -0.205. The van der Waals surface area contributed by atoms with E-state index in [0.717, 1.165) is 11.4 Å². The molecule has 0 amide bonds. The molecule has 1 aromatic heterocycles. The minimum absolute atomic E-state index is 0.205. The zero-order valence-electron chi connectivity index (χ0n) is 12.3. The van der Waals surface area contributed by atoms with E-state index in [1.54, 1.807) is 18.3 Å². The third-order valence-corrected chi connectivity index (χ3v) is 3.10. The summed E-state index contributed by atoms with van der Waals surface area (Å²) in [6.07, 6.45) is 4.45. The molecule has 0 aliphatic carbocycles.